The number of halogens is 1. The van der Waals surface area contributed by atoms with Gasteiger partial charge in [0.25, 0.3) is 0 Å². The summed E-state index contributed by atoms with van der Waals surface area (Å²) in [6.45, 7) is 3.38. The minimum Gasteiger partial charge on any atom is -0.368 e. The number of hydrogen-bond donors (Lipinski definition) is 1. The molecule has 3 rings (SSSR count). The first-order valence-electron chi connectivity index (χ1n) is 8.87. The van der Waals surface area contributed by atoms with E-state index in [0.29, 0.717) is 24.9 Å². The summed E-state index contributed by atoms with van der Waals surface area (Å²) in [6.07, 6.45) is 0. The molecule has 0 bridgehead atoms. The molecule has 0 amide bonds. The summed E-state index contributed by atoms with van der Waals surface area (Å²) >= 11 is 0. The Kier molecular flexibility index (Phi) is 5.77. The quantitative estimate of drug-likeness (QED) is 0.770. The number of piperazine rings is 1. The zero-order chi connectivity index (χ0) is 20.5. The van der Waals surface area contributed by atoms with Crippen molar-refractivity contribution in [1.82, 2.24) is 24.2 Å². The van der Waals surface area contributed by atoms with Gasteiger partial charge in [0, 0.05) is 40.3 Å². The Morgan fingerprint density at radius 1 is 1.11 bits per heavy atom. The van der Waals surface area contributed by atoms with Gasteiger partial charge in [0.05, 0.1) is 6.04 Å². The zero-order valence-electron chi connectivity index (χ0n) is 16.1. The lowest BCUT2D eigenvalue weighted by molar-refractivity contribution is 0.141. The van der Waals surface area contributed by atoms with Gasteiger partial charge in [0.15, 0.2) is 5.82 Å². The Labute approximate surface area is 164 Å². The van der Waals surface area contributed by atoms with E-state index in [1.54, 1.807) is 4.90 Å². The predicted molar refractivity (Wildman–Crippen MR) is 104 cm³/mol. The lowest BCUT2D eigenvalue weighted by Gasteiger charge is -2.36. The van der Waals surface area contributed by atoms with E-state index >= 15 is 0 Å². The third-order valence-corrected chi connectivity index (χ3v) is 6.64. The topological polar surface area (TPSA) is 109 Å². The number of aromatic nitrogens is 3. The molecule has 1 aromatic carbocycles. The van der Waals surface area contributed by atoms with Crippen molar-refractivity contribution in [2.75, 3.05) is 50.9 Å². The van der Waals surface area contributed by atoms with Gasteiger partial charge in [-0.3, -0.25) is 4.90 Å². The fourth-order valence-corrected chi connectivity index (χ4v) is 4.56. The number of sulfonamides is 1. The smallest absolute Gasteiger partial charge is 0.246 e. The Balaban J connectivity index is 1.73. The molecule has 0 radical (unpaired) electrons. The molecular formula is C17H24FN7O2S. The van der Waals surface area contributed by atoms with Crippen molar-refractivity contribution in [3.05, 3.63) is 35.9 Å². The first kappa shape index (κ1) is 20.4. The van der Waals surface area contributed by atoms with E-state index in [1.165, 1.54) is 22.5 Å². The average Bonchev–Trinajstić information content (AvgIpc) is 2.67. The van der Waals surface area contributed by atoms with Crippen LogP contribution in [0.3, 0.4) is 0 Å². The molecule has 28 heavy (non-hydrogen) atoms. The first-order chi connectivity index (χ1) is 13.2. The van der Waals surface area contributed by atoms with Gasteiger partial charge in [-0.25, -0.2) is 12.8 Å². The highest BCUT2D eigenvalue weighted by Crippen LogP contribution is 2.24. The van der Waals surface area contributed by atoms with Gasteiger partial charge in [-0.15, -0.1) is 0 Å². The van der Waals surface area contributed by atoms with Crippen LogP contribution >= 0.6 is 0 Å². The summed E-state index contributed by atoms with van der Waals surface area (Å²) in [4.78, 5) is 16.3. The molecule has 1 fully saturated rings. The molecule has 0 spiro atoms. The van der Waals surface area contributed by atoms with Crippen LogP contribution < -0.4 is 10.6 Å². The minimum atomic E-state index is -3.87. The molecule has 0 saturated carbocycles. The number of nitrogen functional groups attached to an aromatic ring is 1. The Bertz CT molecular complexity index is 946. The highest BCUT2D eigenvalue weighted by atomic mass is 32.2. The van der Waals surface area contributed by atoms with Crippen LogP contribution in [0.15, 0.2) is 29.2 Å². The highest BCUT2D eigenvalue weighted by molar-refractivity contribution is 7.89. The SMILES string of the molecule is CC(c1nc(N)nc(N(C)C)n1)N1CCN(S(=O)(=O)c2ccccc2F)CC1. The average molecular weight is 409 g/mol. The van der Waals surface area contributed by atoms with E-state index in [2.05, 4.69) is 19.9 Å². The van der Waals surface area contributed by atoms with Crippen LogP contribution in [-0.4, -0.2) is 72.8 Å². The molecule has 1 unspecified atom stereocenters. The number of anilines is 2. The van der Waals surface area contributed by atoms with Crippen LogP contribution in [-0.2, 0) is 10.0 Å². The standard InChI is InChI=1S/C17H24FN7O2S/c1-12(15-20-16(19)22-17(21-15)23(2)3)24-8-10-25(11-9-24)28(26,27)14-7-5-4-6-13(14)18/h4-7,12H,8-11H2,1-3H3,(H2,19,20,21,22). The van der Waals surface area contributed by atoms with Gasteiger partial charge in [0.1, 0.15) is 10.7 Å². The minimum absolute atomic E-state index is 0.140. The molecule has 1 saturated heterocycles. The molecule has 1 atom stereocenters. The fraction of sp³-hybridized carbons (Fsp3) is 0.471. The molecule has 9 nitrogen and oxygen atoms in total. The fourth-order valence-electron chi connectivity index (χ4n) is 3.07. The zero-order valence-corrected chi connectivity index (χ0v) is 16.9. The summed E-state index contributed by atoms with van der Waals surface area (Å²) in [5, 5.41) is 0. The number of nitrogens with two attached hydrogens (primary N) is 1. The van der Waals surface area contributed by atoms with Crippen molar-refractivity contribution >= 4 is 21.9 Å². The Morgan fingerprint density at radius 2 is 1.75 bits per heavy atom. The highest BCUT2D eigenvalue weighted by Gasteiger charge is 2.32. The van der Waals surface area contributed by atoms with Gasteiger partial charge in [0.2, 0.25) is 21.9 Å². The van der Waals surface area contributed by atoms with Crippen LogP contribution in [0.4, 0.5) is 16.3 Å². The predicted octanol–water partition coefficient (Wildman–Crippen LogP) is 0.726. The third kappa shape index (κ3) is 4.05. The van der Waals surface area contributed by atoms with Gasteiger partial charge >= 0.3 is 0 Å². The van der Waals surface area contributed by atoms with Crippen LogP contribution in [0, 0.1) is 5.82 Å². The maximum absolute atomic E-state index is 14.0. The summed E-state index contributed by atoms with van der Waals surface area (Å²) in [5.74, 6) is 0.396. The van der Waals surface area contributed by atoms with Crippen LogP contribution in [0.25, 0.3) is 0 Å². The maximum atomic E-state index is 14.0. The Morgan fingerprint density at radius 3 is 2.36 bits per heavy atom. The normalized spacial score (nSPS) is 17.4. The largest absolute Gasteiger partial charge is 0.368 e. The van der Waals surface area contributed by atoms with Crippen molar-refractivity contribution in [2.24, 2.45) is 0 Å². The molecule has 152 valence electrons. The summed E-state index contributed by atoms with van der Waals surface area (Å²) < 4.78 is 40.7. The number of hydrogen-bond acceptors (Lipinski definition) is 8. The van der Waals surface area contributed by atoms with Crippen molar-refractivity contribution in [1.29, 1.82) is 0 Å². The second-order valence-electron chi connectivity index (χ2n) is 6.79. The van der Waals surface area contributed by atoms with E-state index in [4.69, 9.17) is 5.73 Å². The van der Waals surface area contributed by atoms with Crippen molar-refractivity contribution in [3.63, 3.8) is 0 Å². The van der Waals surface area contributed by atoms with Crippen LogP contribution in [0.1, 0.15) is 18.8 Å². The summed E-state index contributed by atoms with van der Waals surface area (Å²) in [7, 11) is -0.237. The van der Waals surface area contributed by atoms with Gasteiger partial charge in [-0.2, -0.15) is 19.3 Å². The molecule has 1 aliphatic heterocycles. The van der Waals surface area contributed by atoms with Crippen molar-refractivity contribution in [2.45, 2.75) is 17.9 Å². The number of benzene rings is 1. The monoisotopic (exact) mass is 409 g/mol. The number of rotatable bonds is 5. The van der Waals surface area contributed by atoms with Crippen LogP contribution in [0.5, 0.6) is 0 Å². The molecular weight excluding hydrogens is 385 g/mol. The first-order valence-corrected chi connectivity index (χ1v) is 10.3. The van der Waals surface area contributed by atoms with Gasteiger partial charge < -0.3 is 10.6 Å². The third-order valence-electron chi connectivity index (χ3n) is 4.71. The van der Waals surface area contributed by atoms with E-state index in [9.17, 15) is 12.8 Å². The van der Waals surface area contributed by atoms with Gasteiger partial charge in [-0.1, -0.05) is 12.1 Å². The second kappa shape index (κ2) is 7.94. The molecule has 2 N–H and O–H groups in total. The van der Waals surface area contributed by atoms with E-state index in [0.717, 1.165) is 6.07 Å². The second-order valence-corrected chi connectivity index (χ2v) is 8.70. The molecule has 11 heteroatoms. The molecule has 2 heterocycles. The lowest BCUT2D eigenvalue weighted by Crippen LogP contribution is -2.49. The molecule has 1 aromatic heterocycles. The summed E-state index contributed by atoms with van der Waals surface area (Å²) in [5.41, 5.74) is 5.79. The number of nitrogens with zero attached hydrogens (tertiary/aromatic N) is 6. The van der Waals surface area contributed by atoms with E-state index < -0.39 is 15.8 Å². The Hall–Kier alpha value is -2.37. The molecule has 1 aliphatic rings. The van der Waals surface area contributed by atoms with E-state index in [1.807, 2.05) is 21.0 Å². The molecule has 2 aromatic rings. The van der Waals surface area contributed by atoms with Crippen LogP contribution in [0.2, 0.25) is 0 Å². The lowest BCUT2D eigenvalue weighted by atomic mass is 10.2. The maximum Gasteiger partial charge on any atom is 0.246 e. The van der Waals surface area contributed by atoms with Crippen molar-refractivity contribution < 1.29 is 12.8 Å². The summed E-state index contributed by atoms with van der Waals surface area (Å²) in [6, 6.07) is 5.26. The van der Waals surface area contributed by atoms with Crippen molar-refractivity contribution in [3.8, 4) is 0 Å². The molecule has 0 aliphatic carbocycles. The van der Waals surface area contributed by atoms with Gasteiger partial charge in [-0.05, 0) is 19.1 Å². The van der Waals surface area contributed by atoms with E-state index in [-0.39, 0.29) is 30.0 Å².